The highest BCUT2D eigenvalue weighted by Crippen LogP contribution is 2.46. The largest absolute Gasteiger partial charge is 0.472 e. The van der Waals surface area contributed by atoms with Crippen LogP contribution in [0.3, 0.4) is 0 Å². The molecule has 2 aromatic rings. The van der Waals surface area contributed by atoms with Crippen molar-refractivity contribution in [2.75, 3.05) is 14.1 Å². The minimum absolute atomic E-state index is 0.0149. The second-order valence-electron chi connectivity index (χ2n) is 14.6. The zero-order chi connectivity index (χ0) is 37.5. The van der Waals surface area contributed by atoms with Gasteiger partial charge in [-0.15, -0.1) is 0 Å². The van der Waals surface area contributed by atoms with Crippen molar-refractivity contribution in [2.45, 2.75) is 101 Å². The fraction of sp³-hybridized carbons (Fsp3) is 0.553. The molecule has 0 spiro atoms. The van der Waals surface area contributed by atoms with Gasteiger partial charge in [0.15, 0.2) is 5.78 Å². The number of Topliss-reactive ketones (excluding diaryl/α,β-unsaturated/α-hetero) is 1. The molecule has 4 N–H and O–H groups in total. The Balaban J connectivity index is 1.29. The van der Waals surface area contributed by atoms with Crippen molar-refractivity contribution >= 4 is 37.2 Å². The van der Waals surface area contributed by atoms with Gasteiger partial charge in [0.05, 0.1) is 12.7 Å². The van der Waals surface area contributed by atoms with Crippen LogP contribution in [0.4, 0.5) is 0 Å². The Morgan fingerprint density at radius 1 is 0.865 bits per heavy atom. The van der Waals surface area contributed by atoms with Gasteiger partial charge >= 0.3 is 7.82 Å². The first-order chi connectivity index (χ1) is 24.8. The smallest absolute Gasteiger partial charge is 0.347 e. The predicted octanol–water partition coefficient (Wildman–Crippen LogP) is 4.29. The zero-order valence-electron chi connectivity index (χ0n) is 30.1. The molecule has 13 nitrogen and oxygen atoms in total. The Morgan fingerprint density at radius 2 is 1.48 bits per heavy atom. The standard InChI is InChI=1S/C38H51N4O9P/c1-25(51-52(48,49)50-24-26-14-7-4-8-15-26)31(39-34(44)28-18-11-6-12-19-28)33(43)29-20-13-21-30(29)35(45)41-38(22-23-38)37(47)40-32(36(46)42(2)3)27-16-9-5-10-17-27/h4,6-8,11-12,14-15,18-19,25,27,29-32H,5,9-10,13,16-17,20-24H2,1-3H3,(H,39,44)(H,40,47)(H,41,45)(H,48,49)/t25-,29?,30+,31+,32+/m1/s1. The number of ketones is 1. The van der Waals surface area contributed by atoms with Crippen molar-refractivity contribution in [3.63, 3.8) is 0 Å². The molecule has 3 saturated carbocycles. The number of nitrogens with zero attached hydrogens (tertiary/aromatic N) is 1. The summed E-state index contributed by atoms with van der Waals surface area (Å²) in [5, 5.41) is 8.58. The second-order valence-corrected chi connectivity index (χ2v) is 16.0. The fourth-order valence-corrected chi connectivity index (χ4v) is 8.29. The second kappa shape index (κ2) is 17.3. The lowest BCUT2D eigenvalue weighted by molar-refractivity contribution is -0.139. The summed E-state index contributed by atoms with van der Waals surface area (Å²) in [7, 11) is -1.39. The molecule has 3 aliphatic carbocycles. The molecule has 52 heavy (non-hydrogen) atoms. The maximum Gasteiger partial charge on any atom is 0.472 e. The molecular formula is C38H51N4O9P. The zero-order valence-corrected chi connectivity index (χ0v) is 31.0. The third-order valence-electron chi connectivity index (χ3n) is 10.5. The summed E-state index contributed by atoms with van der Waals surface area (Å²) in [4.78, 5) is 80.4. The average Bonchev–Trinajstić information content (AvgIpc) is 3.75. The Morgan fingerprint density at radius 3 is 2.10 bits per heavy atom. The van der Waals surface area contributed by atoms with E-state index >= 15 is 0 Å². The molecular weight excluding hydrogens is 687 g/mol. The summed E-state index contributed by atoms with van der Waals surface area (Å²) >= 11 is 0. The van der Waals surface area contributed by atoms with Crippen LogP contribution in [-0.2, 0) is 39.4 Å². The minimum atomic E-state index is -4.71. The molecule has 282 valence electrons. The molecule has 0 aliphatic heterocycles. The average molecular weight is 739 g/mol. The number of benzene rings is 2. The van der Waals surface area contributed by atoms with Crippen molar-refractivity contribution < 1.29 is 42.5 Å². The highest BCUT2D eigenvalue weighted by Gasteiger charge is 2.54. The Kier molecular flexibility index (Phi) is 13.1. The van der Waals surface area contributed by atoms with Gasteiger partial charge in [-0.25, -0.2) is 4.57 Å². The monoisotopic (exact) mass is 738 g/mol. The molecule has 0 radical (unpaired) electrons. The van der Waals surface area contributed by atoms with Crippen molar-refractivity contribution in [1.29, 1.82) is 0 Å². The van der Waals surface area contributed by atoms with Crippen LogP contribution in [0.5, 0.6) is 0 Å². The number of likely N-dealkylation sites (N-methyl/N-ethyl adjacent to an activating group) is 1. The van der Waals surface area contributed by atoms with E-state index in [0.717, 1.165) is 32.1 Å². The van der Waals surface area contributed by atoms with Gasteiger partial charge in [0.25, 0.3) is 5.91 Å². The van der Waals surface area contributed by atoms with Crippen molar-refractivity contribution in [1.82, 2.24) is 20.9 Å². The molecule has 6 atom stereocenters. The lowest BCUT2D eigenvalue weighted by Gasteiger charge is -2.33. The number of phosphoric acid groups is 1. The van der Waals surface area contributed by atoms with Gasteiger partial charge in [-0.05, 0) is 69.1 Å². The predicted molar refractivity (Wildman–Crippen MR) is 192 cm³/mol. The van der Waals surface area contributed by atoms with E-state index in [1.807, 2.05) is 0 Å². The number of nitrogens with one attached hydrogen (secondary N) is 3. The molecule has 0 heterocycles. The molecule has 4 amide bonds. The van der Waals surface area contributed by atoms with E-state index in [9.17, 15) is 33.4 Å². The third kappa shape index (κ3) is 9.95. The van der Waals surface area contributed by atoms with E-state index in [1.54, 1.807) is 74.8 Å². The van der Waals surface area contributed by atoms with Gasteiger partial charge in [0.2, 0.25) is 17.7 Å². The molecule has 0 saturated heterocycles. The van der Waals surface area contributed by atoms with Gasteiger partial charge in [-0.3, -0.25) is 33.0 Å². The van der Waals surface area contributed by atoms with E-state index in [4.69, 9.17) is 9.05 Å². The van der Waals surface area contributed by atoms with Crippen LogP contribution in [0, 0.1) is 17.8 Å². The van der Waals surface area contributed by atoms with E-state index in [-0.39, 0.29) is 24.0 Å². The normalized spacial score (nSPS) is 22.5. The highest BCUT2D eigenvalue weighted by molar-refractivity contribution is 7.47. The lowest BCUT2D eigenvalue weighted by atomic mass is 9.83. The van der Waals surface area contributed by atoms with E-state index in [2.05, 4.69) is 16.0 Å². The molecule has 5 rings (SSSR count). The Labute approximate surface area is 305 Å². The van der Waals surface area contributed by atoms with Crippen LogP contribution in [0.15, 0.2) is 60.7 Å². The first kappa shape index (κ1) is 39.3. The van der Waals surface area contributed by atoms with Crippen molar-refractivity contribution in [2.24, 2.45) is 17.8 Å². The topological polar surface area (TPSA) is 180 Å². The van der Waals surface area contributed by atoms with Crippen LogP contribution in [0.1, 0.15) is 87.1 Å². The SMILES string of the molecule is C[C@@H](OP(=O)(O)OCc1ccccc1)[C@H](NC(=O)c1ccccc1)C(=O)C1CCC[C@@H]1C(=O)NC1(C(=O)N[C@H](C(=O)N(C)C)C2CCCCC2)CC1. The maximum atomic E-state index is 14.3. The third-order valence-corrected chi connectivity index (χ3v) is 11.6. The number of amides is 4. The van der Waals surface area contributed by atoms with Crippen LogP contribution in [0.2, 0.25) is 0 Å². The summed E-state index contributed by atoms with van der Waals surface area (Å²) in [6.07, 6.45) is 5.49. The van der Waals surface area contributed by atoms with Gasteiger partial charge < -0.3 is 25.7 Å². The molecule has 14 heteroatoms. The first-order valence-electron chi connectivity index (χ1n) is 18.2. The van der Waals surface area contributed by atoms with Gasteiger partial charge in [-0.1, -0.05) is 74.2 Å². The molecule has 3 fully saturated rings. The van der Waals surface area contributed by atoms with E-state index in [0.29, 0.717) is 37.7 Å². The first-order valence-corrected chi connectivity index (χ1v) is 19.7. The number of carbonyl (C=O) groups is 5. The minimum Gasteiger partial charge on any atom is -0.347 e. The molecule has 3 aliphatic rings. The lowest BCUT2D eigenvalue weighted by Crippen LogP contribution is -2.58. The Bertz CT molecular complexity index is 1630. The van der Waals surface area contributed by atoms with Crippen LogP contribution in [-0.4, -0.2) is 77.0 Å². The summed E-state index contributed by atoms with van der Waals surface area (Å²) in [5.74, 6) is -3.83. The van der Waals surface area contributed by atoms with Gasteiger partial charge in [0.1, 0.15) is 17.6 Å². The molecule has 2 aromatic carbocycles. The van der Waals surface area contributed by atoms with Crippen LogP contribution >= 0.6 is 7.82 Å². The summed E-state index contributed by atoms with van der Waals surface area (Å²) < 4.78 is 23.7. The van der Waals surface area contributed by atoms with E-state index in [1.165, 1.54) is 11.8 Å². The molecule has 0 aromatic heterocycles. The van der Waals surface area contributed by atoms with Crippen LogP contribution in [0.25, 0.3) is 0 Å². The summed E-state index contributed by atoms with van der Waals surface area (Å²) in [6, 6.07) is 14.9. The van der Waals surface area contributed by atoms with Crippen molar-refractivity contribution in [3.05, 3.63) is 71.8 Å². The van der Waals surface area contributed by atoms with Gasteiger partial charge in [-0.2, -0.15) is 0 Å². The number of hydrogen-bond acceptors (Lipinski definition) is 8. The molecule has 2 unspecified atom stereocenters. The molecule has 0 bridgehead atoms. The van der Waals surface area contributed by atoms with E-state index < -0.39 is 66.9 Å². The highest BCUT2D eigenvalue weighted by atomic mass is 31.2. The summed E-state index contributed by atoms with van der Waals surface area (Å²) in [5.41, 5.74) is -0.278. The number of carbonyl (C=O) groups excluding carboxylic acids is 5. The number of rotatable bonds is 16. The number of phosphoric ester groups is 1. The fourth-order valence-electron chi connectivity index (χ4n) is 7.38. The Hall–Kier alpha value is -3.90. The quantitative estimate of drug-likeness (QED) is 0.183. The number of hydrogen-bond donors (Lipinski definition) is 4. The van der Waals surface area contributed by atoms with Crippen LogP contribution < -0.4 is 16.0 Å². The maximum absolute atomic E-state index is 14.3. The van der Waals surface area contributed by atoms with Gasteiger partial charge in [0, 0.05) is 31.5 Å². The van der Waals surface area contributed by atoms with Crippen molar-refractivity contribution in [3.8, 4) is 0 Å². The summed E-state index contributed by atoms with van der Waals surface area (Å²) in [6.45, 7) is 1.18.